The Labute approximate surface area is 163 Å². The molecule has 0 bridgehead atoms. The lowest BCUT2D eigenvalue weighted by atomic mass is 9.96. The van der Waals surface area contributed by atoms with Crippen LogP contribution >= 0.6 is 0 Å². The molecule has 4 rings (SSSR count). The molecule has 0 unspecified atom stereocenters. The van der Waals surface area contributed by atoms with E-state index in [4.69, 9.17) is 14.9 Å². The molecule has 1 aliphatic heterocycles. The van der Waals surface area contributed by atoms with Crippen molar-refractivity contribution in [3.05, 3.63) is 89.0 Å². The van der Waals surface area contributed by atoms with E-state index in [2.05, 4.69) is 13.0 Å². The molecule has 0 saturated heterocycles. The van der Waals surface area contributed by atoms with E-state index in [9.17, 15) is 4.79 Å². The molecule has 2 N–H and O–H groups in total. The number of hydrogen-bond acceptors (Lipinski definition) is 4. The van der Waals surface area contributed by atoms with Gasteiger partial charge in [0, 0.05) is 16.7 Å². The largest absolute Gasteiger partial charge is 0.454 e. The fraction of sp³-hybridized carbons (Fsp3) is 0.130. The molecule has 140 valence electrons. The Bertz CT molecular complexity index is 1060. The first-order valence-corrected chi connectivity index (χ1v) is 9.24. The lowest BCUT2D eigenvalue weighted by Gasteiger charge is -2.14. The van der Waals surface area contributed by atoms with Gasteiger partial charge in [-0.25, -0.2) is 10.5 Å². The van der Waals surface area contributed by atoms with Gasteiger partial charge in [-0.1, -0.05) is 49.7 Å². The molecule has 1 aliphatic rings. The highest BCUT2D eigenvalue weighted by Gasteiger charge is 2.22. The van der Waals surface area contributed by atoms with Gasteiger partial charge < -0.3 is 4.74 Å². The highest BCUT2D eigenvalue weighted by atomic mass is 16.5. The molecular formula is C23H20N2O3. The Morgan fingerprint density at radius 2 is 1.82 bits per heavy atom. The molecule has 1 heterocycles. The Kier molecular flexibility index (Phi) is 4.91. The number of nitrogens with zero attached hydrogens (tertiary/aromatic N) is 1. The quantitative estimate of drug-likeness (QED) is 0.390. The number of hydrogen-bond donors (Lipinski definition) is 2. The average molecular weight is 372 g/mol. The predicted octanol–water partition coefficient (Wildman–Crippen LogP) is 5.03. The Morgan fingerprint density at radius 3 is 2.57 bits per heavy atom. The summed E-state index contributed by atoms with van der Waals surface area (Å²) >= 11 is 0. The minimum atomic E-state index is -0.548. The summed E-state index contributed by atoms with van der Waals surface area (Å²) in [6, 6.07) is 20.8. The summed E-state index contributed by atoms with van der Waals surface area (Å²) in [5.41, 5.74) is 6.49. The summed E-state index contributed by atoms with van der Waals surface area (Å²) in [7, 11) is 0. The van der Waals surface area contributed by atoms with Crippen LogP contribution in [0.5, 0.6) is 11.5 Å². The van der Waals surface area contributed by atoms with Gasteiger partial charge in [-0.15, -0.1) is 0 Å². The molecular weight excluding hydrogens is 352 g/mol. The van der Waals surface area contributed by atoms with Crippen molar-refractivity contribution in [2.75, 3.05) is 0 Å². The van der Waals surface area contributed by atoms with Crippen LogP contribution in [0.4, 0.5) is 5.69 Å². The van der Waals surface area contributed by atoms with E-state index in [1.807, 2.05) is 48.5 Å². The second kappa shape index (κ2) is 7.66. The predicted molar refractivity (Wildman–Crippen MR) is 108 cm³/mol. The van der Waals surface area contributed by atoms with E-state index >= 15 is 0 Å². The molecule has 1 amide bonds. The van der Waals surface area contributed by atoms with Gasteiger partial charge in [0.15, 0.2) is 5.75 Å². The van der Waals surface area contributed by atoms with Crippen LogP contribution in [0.1, 0.15) is 40.4 Å². The molecule has 5 nitrogen and oxygen atoms in total. The van der Waals surface area contributed by atoms with Crippen LogP contribution in [0, 0.1) is 0 Å². The second-order valence-electron chi connectivity index (χ2n) is 6.59. The van der Waals surface area contributed by atoms with Crippen LogP contribution in [0.3, 0.4) is 0 Å². The fourth-order valence-electron chi connectivity index (χ4n) is 3.35. The van der Waals surface area contributed by atoms with Crippen LogP contribution in [0.15, 0.2) is 71.7 Å². The monoisotopic (exact) mass is 372 g/mol. The Hall–Kier alpha value is -3.44. The van der Waals surface area contributed by atoms with Gasteiger partial charge in [-0.05, 0) is 42.3 Å². The van der Waals surface area contributed by atoms with Crippen molar-refractivity contribution < 1.29 is 14.7 Å². The first-order chi connectivity index (χ1) is 13.7. The van der Waals surface area contributed by atoms with Crippen molar-refractivity contribution in [1.82, 2.24) is 5.48 Å². The number of ether oxygens (including phenoxy) is 1. The van der Waals surface area contributed by atoms with Gasteiger partial charge in [0.25, 0.3) is 5.91 Å². The van der Waals surface area contributed by atoms with Crippen molar-refractivity contribution in [2.24, 2.45) is 4.99 Å². The summed E-state index contributed by atoms with van der Waals surface area (Å²) in [4.78, 5) is 16.5. The van der Waals surface area contributed by atoms with Crippen LogP contribution in [-0.2, 0) is 6.42 Å². The summed E-state index contributed by atoms with van der Waals surface area (Å²) in [6.07, 6.45) is 1.92. The first-order valence-electron chi connectivity index (χ1n) is 9.24. The van der Waals surface area contributed by atoms with Crippen molar-refractivity contribution in [1.29, 1.82) is 0 Å². The third-order valence-electron chi connectivity index (χ3n) is 4.70. The zero-order valence-electron chi connectivity index (χ0n) is 15.5. The molecule has 0 spiro atoms. The minimum absolute atomic E-state index is 0.372. The molecule has 0 aliphatic carbocycles. The number of hydroxylamine groups is 1. The molecule has 5 heteroatoms. The maximum absolute atomic E-state index is 11.6. The number of para-hydroxylation sites is 3. The average Bonchev–Trinajstić information content (AvgIpc) is 2.91. The molecule has 0 aromatic heterocycles. The van der Waals surface area contributed by atoms with Gasteiger partial charge in [0.05, 0.1) is 5.71 Å². The van der Waals surface area contributed by atoms with Crippen molar-refractivity contribution in [2.45, 2.75) is 19.8 Å². The fourth-order valence-corrected chi connectivity index (χ4v) is 3.35. The number of rotatable bonds is 4. The third kappa shape index (κ3) is 3.28. The summed E-state index contributed by atoms with van der Waals surface area (Å²) in [5, 5.41) is 8.82. The van der Waals surface area contributed by atoms with E-state index < -0.39 is 5.91 Å². The second-order valence-corrected chi connectivity index (χ2v) is 6.59. The molecule has 0 fully saturated rings. The van der Waals surface area contributed by atoms with Crippen molar-refractivity contribution in [3.63, 3.8) is 0 Å². The van der Waals surface area contributed by atoms with Crippen LogP contribution < -0.4 is 10.2 Å². The highest BCUT2D eigenvalue weighted by molar-refractivity contribution is 6.16. The standard InChI is InChI=1S/C23H20N2O3/c1-2-6-16-7-5-8-18-21(15-11-13-17(14-12-15)23(26)25-27)24-19-9-3-4-10-20(19)28-22(16)18/h3-5,7-14,27H,2,6H2,1H3,(H,25,26). The lowest BCUT2D eigenvalue weighted by molar-refractivity contribution is 0.0706. The number of benzene rings is 3. The Morgan fingerprint density at radius 1 is 1.04 bits per heavy atom. The smallest absolute Gasteiger partial charge is 0.274 e. The summed E-state index contributed by atoms with van der Waals surface area (Å²) in [5.74, 6) is 0.998. The van der Waals surface area contributed by atoms with Gasteiger partial charge in [-0.2, -0.15) is 0 Å². The number of fused-ring (bicyclic) bond motifs is 2. The maximum Gasteiger partial charge on any atom is 0.274 e. The number of aryl methyl sites for hydroxylation is 1. The molecule has 28 heavy (non-hydrogen) atoms. The van der Waals surface area contributed by atoms with Gasteiger partial charge in [0.2, 0.25) is 0 Å². The molecule has 3 aromatic carbocycles. The third-order valence-corrected chi connectivity index (χ3v) is 4.70. The maximum atomic E-state index is 11.6. The van der Waals surface area contributed by atoms with Crippen molar-refractivity contribution in [3.8, 4) is 11.5 Å². The minimum Gasteiger partial charge on any atom is -0.454 e. The van der Waals surface area contributed by atoms with E-state index in [1.165, 1.54) is 0 Å². The van der Waals surface area contributed by atoms with E-state index in [0.717, 1.165) is 52.4 Å². The van der Waals surface area contributed by atoms with Gasteiger partial charge in [0.1, 0.15) is 11.4 Å². The SMILES string of the molecule is CCCc1cccc2c1Oc1ccccc1N=C2c1ccc(C(=O)NO)cc1. The van der Waals surface area contributed by atoms with Gasteiger partial charge >= 0.3 is 0 Å². The number of aliphatic imine (C=N–C) groups is 1. The topological polar surface area (TPSA) is 70.9 Å². The zero-order chi connectivity index (χ0) is 19.5. The van der Waals surface area contributed by atoms with E-state index in [0.29, 0.717) is 5.56 Å². The highest BCUT2D eigenvalue weighted by Crippen LogP contribution is 2.40. The molecule has 0 atom stereocenters. The summed E-state index contributed by atoms with van der Waals surface area (Å²) in [6.45, 7) is 2.14. The lowest BCUT2D eigenvalue weighted by Crippen LogP contribution is -2.18. The zero-order valence-corrected chi connectivity index (χ0v) is 15.5. The van der Waals surface area contributed by atoms with E-state index in [-0.39, 0.29) is 0 Å². The number of amides is 1. The number of carbonyl (C=O) groups excluding carboxylic acids is 1. The molecule has 0 saturated carbocycles. The Balaban J connectivity index is 1.89. The van der Waals surface area contributed by atoms with Crippen LogP contribution in [0.25, 0.3) is 0 Å². The van der Waals surface area contributed by atoms with Crippen LogP contribution in [-0.4, -0.2) is 16.8 Å². The number of nitrogens with one attached hydrogen (secondary N) is 1. The molecule has 0 radical (unpaired) electrons. The summed E-state index contributed by atoms with van der Waals surface area (Å²) < 4.78 is 6.31. The molecule has 3 aromatic rings. The first kappa shape index (κ1) is 17.9. The number of carbonyl (C=O) groups is 1. The van der Waals surface area contributed by atoms with Crippen LogP contribution in [0.2, 0.25) is 0 Å². The van der Waals surface area contributed by atoms with E-state index in [1.54, 1.807) is 17.6 Å². The van der Waals surface area contributed by atoms with Gasteiger partial charge in [-0.3, -0.25) is 10.0 Å². The van der Waals surface area contributed by atoms with Crippen molar-refractivity contribution >= 4 is 17.3 Å². The normalized spacial score (nSPS) is 12.1.